The first kappa shape index (κ1) is 30.6. The molecule has 2 aliphatic heterocycles. The molecule has 41 heavy (non-hydrogen) atoms. The molecule has 224 valence electrons. The fraction of sp³-hybridized carbons (Fsp3) is 0.556. The summed E-state index contributed by atoms with van der Waals surface area (Å²) in [6.45, 7) is 14.0. The number of benzene rings is 1. The Hall–Kier alpha value is -3.32. The number of alkyl halides is 3. The summed E-state index contributed by atoms with van der Waals surface area (Å²) in [5.41, 5.74) is 4.13. The molecule has 14 heteroatoms. The van der Waals surface area contributed by atoms with E-state index in [1.807, 2.05) is 6.07 Å². The lowest BCUT2D eigenvalue weighted by Gasteiger charge is -2.38. The molecule has 2 N–H and O–H groups in total. The van der Waals surface area contributed by atoms with E-state index in [-0.39, 0.29) is 0 Å². The maximum atomic E-state index is 10.6. The smallest absolute Gasteiger partial charge is 0.490 e. The minimum absolute atomic E-state index is 0.304. The van der Waals surface area contributed by atoms with Crippen LogP contribution in [0.15, 0.2) is 18.5 Å². The minimum atomic E-state index is -5.08. The van der Waals surface area contributed by atoms with Crippen LogP contribution in [0.5, 0.6) is 5.75 Å². The van der Waals surface area contributed by atoms with Gasteiger partial charge in [-0.05, 0) is 50.9 Å². The number of hydrogen-bond acceptors (Lipinski definition) is 8. The number of ether oxygens (including phenoxy) is 1. The standard InChI is InChI=1S/C25H34ClN7O.C2HF3O2/c1-17(2)23-22-24(30-29-23)27-16-28-25(22)33-10-8-32(9-11-33)20-14-19(26)15-21(18(20)3)34-13-12-31-6-4-5-7-31;3-2(4,5)1(6)7/h14-17H,4-13H2,1-3H3,(H,27,28,29,30);(H,6,7). The van der Waals surface area contributed by atoms with E-state index in [4.69, 9.17) is 26.2 Å². The van der Waals surface area contributed by atoms with Crippen LogP contribution < -0.4 is 14.5 Å². The molecule has 2 fully saturated rings. The highest BCUT2D eigenvalue weighted by molar-refractivity contribution is 6.31. The van der Waals surface area contributed by atoms with Gasteiger partial charge in [-0.2, -0.15) is 18.3 Å². The minimum Gasteiger partial charge on any atom is -0.492 e. The first-order valence-corrected chi connectivity index (χ1v) is 14.0. The first-order valence-electron chi connectivity index (χ1n) is 13.6. The van der Waals surface area contributed by atoms with Crippen molar-refractivity contribution in [2.75, 3.05) is 62.2 Å². The van der Waals surface area contributed by atoms with Crippen molar-refractivity contribution in [2.45, 2.75) is 45.7 Å². The molecule has 2 aliphatic rings. The molecule has 5 rings (SSSR count). The number of likely N-dealkylation sites (tertiary alicyclic amines) is 1. The summed E-state index contributed by atoms with van der Waals surface area (Å²) in [5, 5.41) is 16.4. The third-order valence-electron chi connectivity index (χ3n) is 7.24. The highest BCUT2D eigenvalue weighted by Crippen LogP contribution is 2.35. The van der Waals surface area contributed by atoms with Crippen LogP contribution in [0.25, 0.3) is 11.0 Å². The lowest BCUT2D eigenvalue weighted by Crippen LogP contribution is -2.47. The number of halogens is 4. The maximum Gasteiger partial charge on any atom is 0.490 e. The Morgan fingerprint density at radius 1 is 1.10 bits per heavy atom. The van der Waals surface area contributed by atoms with Gasteiger partial charge in [0.05, 0.1) is 11.1 Å². The topological polar surface area (TPSA) is 111 Å². The number of carboxylic acids is 1. The number of aromatic amines is 1. The summed E-state index contributed by atoms with van der Waals surface area (Å²) in [5.74, 6) is -0.595. The SMILES string of the molecule is Cc1c(OCCN2CCCC2)cc(Cl)cc1N1CCN(c2ncnc3[nH]nc(C(C)C)c23)CC1.O=C(O)C(F)(F)F. The van der Waals surface area contributed by atoms with Crippen LogP contribution in [0.1, 0.15) is 43.9 Å². The zero-order valence-electron chi connectivity index (χ0n) is 23.3. The van der Waals surface area contributed by atoms with Gasteiger partial charge in [0.2, 0.25) is 0 Å². The molecule has 2 saturated heterocycles. The lowest BCUT2D eigenvalue weighted by atomic mass is 10.1. The third-order valence-corrected chi connectivity index (χ3v) is 7.45. The predicted molar refractivity (Wildman–Crippen MR) is 151 cm³/mol. The van der Waals surface area contributed by atoms with Crippen molar-refractivity contribution in [3.63, 3.8) is 0 Å². The Morgan fingerprint density at radius 2 is 1.73 bits per heavy atom. The Balaban J connectivity index is 0.000000493. The molecule has 0 aliphatic carbocycles. The number of hydrogen-bond donors (Lipinski definition) is 2. The highest BCUT2D eigenvalue weighted by atomic mass is 35.5. The Bertz CT molecular complexity index is 1340. The van der Waals surface area contributed by atoms with Crippen molar-refractivity contribution >= 4 is 40.1 Å². The van der Waals surface area contributed by atoms with Gasteiger partial charge in [0.25, 0.3) is 0 Å². The normalized spacial score (nSPS) is 16.3. The van der Waals surface area contributed by atoms with Crippen LogP contribution in [-0.2, 0) is 4.79 Å². The van der Waals surface area contributed by atoms with E-state index in [1.165, 1.54) is 25.9 Å². The summed E-state index contributed by atoms with van der Waals surface area (Å²) in [7, 11) is 0. The molecular formula is C27H35ClF3N7O3. The molecular weight excluding hydrogens is 563 g/mol. The number of aromatic nitrogens is 4. The molecule has 3 aromatic rings. The zero-order valence-corrected chi connectivity index (χ0v) is 24.1. The van der Waals surface area contributed by atoms with E-state index in [9.17, 15) is 13.2 Å². The van der Waals surface area contributed by atoms with E-state index in [0.717, 1.165) is 77.3 Å². The molecule has 0 amide bonds. The monoisotopic (exact) mass is 597 g/mol. The van der Waals surface area contributed by atoms with Crippen molar-refractivity contribution in [1.82, 2.24) is 25.1 Å². The van der Waals surface area contributed by atoms with Gasteiger partial charge in [-0.3, -0.25) is 10.00 Å². The van der Waals surface area contributed by atoms with Crippen molar-refractivity contribution in [1.29, 1.82) is 0 Å². The average Bonchev–Trinajstić information content (AvgIpc) is 3.60. The van der Waals surface area contributed by atoms with Crippen LogP contribution in [0, 0.1) is 6.92 Å². The second-order valence-electron chi connectivity index (χ2n) is 10.4. The van der Waals surface area contributed by atoms with Gasteiger partial charge in [0, 0.05) is 49.0 Å². The van der Waals surface area contributed by atoms with Crippen LogP contribution in [-0.4, -0.2) is 94.7 Å². The molecule has 0 unspecified atom stereocenters. The van der Waals surface area contributed by atoms with Gasteiger partial charge in [-0.15, -0.1) is 0 Å². The number of carboxylic acid groups (broad SMARTS) is 1. The summed E-state index contributed by atoms with van der Waals surface area (Å²) in [6.07, 6.45) is -0.863. The number of carbonyl (C=O) groups is 1. The fourth-order valence-corrected chi connectivity index (χ4v) is 5.29. The van der Waals surface area contributed by atoms with Crippen molar-refractivity contribution in [3.8, 4) is 5.75 Å². The maximum absolute atomic E-state index is 10.6. The predicted octanol–water partition coefficient (Wildman–Crippen LogP) is 4.87. The molecule has 0 radical (unpaired) electrons. The van der Waals surface area contributed by atoms with E-state index < -0.39 is 12.1 Å². The Morgan fingerprint density at radius 3 is 2.34 bits per heavy atom. The van der Waals surface area contributed by atoms with Crippen LogP contribution in [0.2, 0.25) is 5.02 Å². The average molecular weight is 598 g/mol. The zero-order chi connectivity index (χ0) is 29.7. The molecule has 4 heterocycles. The lowest BCUT2D eigenvalue weighted by molar-refractivity contribution is -0.192. The number of piperazine rings is 1. The molecule has 0 saturated carbocycles. The number of rotatable bonds is 7. The quantitative estimate of drug-likeness (QED) is 0.394. The van der Waals surface area contributed by atoms with Crippen molar-refractivity contribution in [3.05, 3.63) is 34.7 Å². The van der Waals surface area contributed by atoms with Gasteiger partial charge < -0.3 is 19.6 Å². The van der Waals surface area contributed by atoms with E-state index >= 15 is 0 Å². The van der Waals surface area contributed by atoms with Crippen LogP contribution in [0.3, 0.4) is 0 Å². The van der Waals surface area contributed by atoms with Crippen LogP contribution in [0.4, 0.5) is 24.7 Å². The second-order valence-corrected chi connectivity index (χ2v) is 10.8. The first-order chi connectivity index (χ1) is 19.5. The Labute approximate surface area is 241 Å². The van der Waals surface area contributed by atoms with Gasteiger partial charge in [0.15, 0.2) is 5.65 Å². The molecule has 10 nitrogen and oxygen atoms in total. The van der Waals surface area contributed by atoms with Gasteiger partial charge in [-0.25, -0.2) is 14.8 Å². The van der Waals surface area contributed by atoms with Crippen molar-refractivity contribution < 1.29 is 27.8 Å². The number of nitrogens with one attached hydrogen (secondary N) is 1. The molecule has 0 bridgehead atoms. The van der Waals surface area contributed by atoms with Gasteiger partial charge in [-0.1, -0.05) is 25.4 Å². The number of anilines is 2. The Kier molecular flexibility index (Phi) is 9.80. The number of aliphatic carboxylic acids is 1. The molecule has 0 spiro atoms. The summed E-state index contributed by atoms with van der Waals surface area (Å²) < 4.78 is 37.9. The summed E-state index contributed by atoms with van der Waals surface area (Å²) >= 11 is 6.52. The highest BCUT2D eigenvalue weighted by Gasteiger charge is 2.38. The third kappa shape index (κ3) is 7.50. The number of fused-ring (bicyclic) bond motifs is 1. The molecule has 1 aromatic carbocycles. The van der Waals surface area contributed by atoms with Crippen LogP contribution >= 0.6 is 11.6 Å². The van der Waals surface area contributed by atoms with E-state index in [0.29, 0.717) is 12.5 Å². The molecule has 0 atom stereocenters. The van der Waals surface area contributed by atoms with Gasteiger partial charge in [0.1, 0.15) is 24.5 Å². The van der Waals surface area contributed by atoms with Gasteiger partial charge >= 0.3 is 12.1 Å². The van der Waals surface area contributed by atoms with E-state index in [2.05, 4.69) is 61.7 Å². The largest absolute Gasteiger partial charge is 0.492 e. The summed E-state index contributed by atoms with van der Waals surface area (Å²) in [6, 6.07) is 4.01. The number of nitrogens with zero attached hydrogens (tertiary/aromatic N) is 6. The van der Waals surface area contributed by atoms with E-state index in [1.54, 1.807) is 6.33 Å². The fourth-order valence-electron chi connectivity index (χ4n) is 5.09. The second kappa shape index (κ2) is 13.1. The number of H-pyrrole nitrogens is 1. The molecule has 2 aromatic heterocycles. The summed E-state index contributed by atoms with van der Waals surface area (Å²) in [4.78, 5) is 25.1. The van der Waals surface area contributed by atoms with Crippen molar-refractivity contribution in [2.24, 2.45) is 0 Å².